The number of hydrogen-bond donors (Lipinski definition) is 2. The molecule has 0 saturated heterocycles. The van der Waals surface area contributed by atoms with E-state index in [2.05, 4.69) is 27.4 Å². The number of hydrazine groups is 1. The standard InChI is InChI=1S/C16H14BrClN2O/c1-9-7-10(5-6-12(9)17)15(20-19)14-8-11-3-2-4-13(18)16(11)21-14/h2-8,15,20H,19H2,1H3. The van der Waals surface area contributed by atoms with E-state index in [4.69, 9.17) is 21.9 Å². The van der Waals surface area contributed by atoms with E-state index in [0.717, 1.165) is 26.7 Å². The smallest absolute Gasteiger partial charge is 0.152 e. The molecule has 1 heterocycles. The van der Waals surface area contributed by atoms with E-state index in [1.165, 1.54) is 0 Å². The summed E-state index contributed by atoms with van der Waals surface area (Å²) in [5, 5.41) is 1.56. The predicted molar refractivity (Wildman–Crippen MR) is 89.3 cm³/mol. The Kier molecular flexibility index (Phi) is 4.04. The number of halogens is 2. The van der Waals surface area contributed by atoms with E-state index in [-0.39, 0.29) is 6.04 Å². The van der Waals surface area contributed by atoms with Crippen molar-refractivity contribution in [2.24, 2.45) is 5.84 Å². The van der Waals surface area contributed by atoms with E-state index < -0.39 is 0 Å². The van der Waals surface area contributed by atoms with Gasteiger partial charge in [0.2, 0.25) is 0 Å². The summed E-state index contributed by atoms with van der Waals surface area (Å²) in [7, 11) is 0. The minimum Gasteiger partial charge on any atom is -0.457 e. The van der Waals surface area contributed by atoms with Crippen molar-refractivity contribution in [1.29, 1.82) is 0 Å². The molecule has 1 atom stereocenters. The second-order valence-electron chi connectivity index (χ2n) is 4.92. The molecule has 0 bridgehead atoms. The number of benzene rings is 2. The molecule has 0 saturated carbocycles. The Bertz CT molecular complexity index is 800. The summed E-state index contributed by atoms with van der Waals surface area (Å²) < 4.78 is 6.95. The second-order valence-corrected chi connectivity index (χ2v) is 6.18. The molecule has 0 aliphatic heterocycles. The maximum atomic E-state index is 6.16. The van der Waals surface area contributed by atoms with Crippen molar-refractivity contribution in [2.45, 2.75) is 13.0 Å². The van der Waals surface area contributed by atoms with E-state index in [9.17, 15) is 0 Å². The van der Waals surface area contributed by atoms with Crippen molar-refractivity contribution >= 4 is 38.5 Å². The third-order valence-electron chi connectivity index (χ3n) is 3.48. The van der Waals surface area contributed by atoms with Gasteiger partial charge in [0.15, 0.2) is 5.58 Å². The molecule has 0 aliphatic carbocycles. The molecule has 21 heavy (non-hydrogen) atoms. The molecule has 5 heteroatoms. The van der Waals surface area contributed by atoms with Crippen molar-refractivity contribution in [3.63, 3.8) is 0 Å². The average Bonchev–Trinajstić information content (AvgIpc) is 2.89. The summed E-state index contributed by atoms with van der Waals surface area (Å²) in [6, 6.07) is 13.5. The van der Waals surface area contributed by atoms with Gasteiger partial charge in [-0.25, -0.2) is 5.43 Å². The maximum absolute atomic E-state index is 6.16. The van der Waals surface area contributed by atoms with Gasteiger partial charge in [-0.1, -0.05) is 51.8 Å². The summed E-state index contributed by atoms with van der Waals surface area (Å²) in [5.41, 5.74) is 5.67. The van der Waals surface area contributed by atoms with Crippen LogP contribution in [0.5, 0.6) is 0 Å². The van der Waals surface area contributed by atoms with E-state index in [1.807, 2.05) is 43.3 Å². The van der Waals surface area contributed by atoms with Gasteiger partial charge in [-0.2, -0.15) is 0 Å². The Morgan fingerprint density at radius 3 is 2.71 bits per heavy atom. The lowest BCUT2D eigenvalue weighted by atomic mass is 10.0. The molecule has 0 fully saturated rings. The van der Waals surface area contributed by atoms with Crippen LogP contribution in [0.1, 0.15) is 22.9 Å². The lowest BCUT2D eigenvalue weighted by Gasteiger charge is -2.14. The van der Waals surface area contributed by atoms with Crippen LogP contribution in [-0.4, -0.2) is 0 Å². The van der Waals surface area contributed by atoms with Crippen molar-refractivity contribution in [3.05, 3.63) is 68.8 Å². The second kappa shape index (κ2) is 5.81. The molecule has 1 unspecified atom stereocenters. The first-order chi connectivity index (χ1) is 10.1. The first-order valence-corrected chi connectivity index (χ1v) is 7.67. The van der Waals surface area contributed by atoms with E-state index in [1.54, 1.807) is 0 Å². The van der Waals surface area contributed by atoms with Gasteiger partial charge < -0.3 is 4.42 Å². The Hall–Kier alpha value is -1.33. The summed E-state index contributed by atoms with van der Waals surface area (Å²) >= 11 is 9.66. The molecule has 0 radical (unpaired) electrons. The van der Waals surface area contributed by atoms with Crippen molar-refractivity contribution < 1.29 is 4.42 Å². The lowest BCUT2D eigenvalue weighted by molar-refractivity contribution is 0.477. The van der Waals surface area contributed by atoms with Gasteiger partial charge in [0.1, 0.15) is 11.8 Å². The van der Waals surface area contributed by atoms with Gasteiger partial charge in [-0.3, -0.25) is 5.84 Å². The quantitative estimate of drug-likeness (QED) is 0.522. The van der Waals surface area contributed by atoms with Crippen molar-refractivity contribution in [3.8, 4) is 0 Å². The third-order valence-corrected chi connectivity index (χ3v) is 4.67. The average molecular weight is 366 g/mol. The molecule has 3 nitrogen and oxygen atoms in total. The van der Waals surface area contributed by atoms with Gasteiger partial charge in [0.25, 0.3) is 0 Å². The number of furan rings is 1. The van der Waals surface area contributed by atoms with Crippen LogP contribution in [0.2, 0.25) is 5.02 Å². The zero-order valence-corrected chi connectivity index (χ0v) is 13.7. The van der Waals surface area contributed by atoms with Gasteiger partial charge in [-0.15, -0.1) is 0 Å². The minimum absolute atomic E-state index is 0.222. The van der Waals surface area contributed by atoms with Gasteiger partial charge >= 0.3 is 0 Å². The van der Waals surface area contributed by atoms with Gasteiger partial charge in [-0.05, 0) is 36.2 Å². The molecule has 3 N–H and O–H groups in total. The molecular weight excluding hydrogens is 352 g/mol. The molecule has 2 aromatic carbocycles. The van der Waals surface area contributed by atoms with Crippen molar-refractivity contribution in [2.75, 3.05) is 0 Å². The zero-order valence-electron chi connectivity index (χ0n) is 11.4. The van der Waals surface area contributed by atoms with Crippen LogP contribution in [0.15, 0.2) is 51.4 Å². The first kappa shape index (κ1) is 14.6. The zero-order chi connectivity index (χ0) is 15.0. The SMILES string of the molecule is Cc1cc(C(NN)c2cc3cccc(Cl)c3o2)ccc1Br. The highest BCUT2D eigenvalue weighted by molar-refractivity contribution is 9.10. The monoisotopic (exact) mass is 364 g/mol. The first-order valence-electron chi connectivity index (χ1n) is 6.50. The number of nitrogens with two attached hydrogens (primary N) is 1. The molecule has 3 aromatic rings. The van der Waals surface area contributed by atoms with Crippen LogP contribution in [0, 0.1) is 6.92 Å². The van der Waals surface area contributed by atoms with Crippen LogP contribution in [0.4, 0.5) is 0 Å². The van der Waals surface area contributed by atoms with Crippen molar-refractivity contribution in [1.82, 2.24) is 5.43 Å². The number of aryl methyl sites for hydroxylation is 1. The molecule has 108 valence electrons. The fraction of sp³-hybridized carbons (Fsp3) is 0.125. The van der Waals surface area contributed by atoms with Crippen LogP contribution in [0.25, 0.3) is 11.0 Å². The topological polar surface area (TPSA) is 51.2 Å². The molecule has 1 aromatic heterocycles. The minimum atomic E-state index is -0.222. The number of nitrogens with one attached hydrogen (secondary N) is 1. The highest BCUT2D eigenvalue weighted by atomic mass is 79.9. The highest BCUT2D eigenvalue weighted by Crippen LogP contribution is 2.32. The molecule has 0 aliphatic rings. The maximum Gasteiger partial charge on any atom is 0.152 e. The fourth-order valence-electron chi connectivity index (χ4n) is 2.38. The van der Waals surface area contributed by atoms with Crippen LogP contribution in [0.3, 0.4) is 0 Å². The van der Waals surface area contributed by atoms with Crippen LogP contribution in [-0.2, 0) is 0 Å². The Balaban J connectivity index is 2.09. The Morgan fingerprint density at radius 1 is 1.24 bits per heavy atom. The predicted octanol–water partition coefficient (Wildman–Crippen LogP) is 4.71. The number of fused-ring (bicyclic) bond motifs is 1. The normalized spacial score (nSPS) is 12.8. The largest absolute Gasteiger partial charge is 0.457 e. The molecular formula is C16H14BrClN2O. The van der Waals surface area contributed by atoms with E-state index in [0.29, 0.717) is 10.6 Å². The number of rotatable bonds is 3. The van der Waals surface area contributed by atoms with Crippen LogP contribution >= 0.6 is 27.5 Å². The molecule has 0 spiro atoms. The summed E-state index contributed by atoms with van der Waals surface area (Å²) in [4.78, 5) is 0. The van der Waals surface area contributed by atoms with E-state index >= 15 is 0 Å². The summed E-state index contributed by atoms with van der Waals surface area (Å²) in [6.07, 6.45) is 0. The molecule has 3 rings (SSSR count). The Morgan fingerprint density at radius 2 is 2.05 bits per heavy atom. The van der Waals surface area contributed by atoms with Crippen LogP contribution < -0.4 is 11.3 Å². The fourth-order valence-corrected chi connectivity index (χ4v) is 2.85. The summed E-state index contributed by atoms with van der Waals surface area (Å²) in [6.45, 7) is 2.04. The van der Waals surface area contributed by atoms with Gasteiger partial charge in [0.05, 0.1) is 5.02 Å². The number of hydrogen-bond acceptors (Lipinski definition) is 3. The summed E-state index contributed by atoms with van der Waals surface area (Å²) in [5.74, 6) is 6.47. The molecule has 0 amide bonds. The Labute approximate surface area is 136 Å². The van der Waals surface area contributed by atoms with Gasteiger partial charge in [0, 0.05) is 9.86 Å². The highest BCUT2D eigenvalue weighted by Gasteiger charge is 2.18. The lowest BCUT2D eigenvalue weighted by Crippen LogP contribution is -2.28. The number of para-hydroxylation sites is 1. The third kappa shape index (κ3) is 2.72.